The van der Waals surface area contributed by atoms with Crippen molar-refractivity contribution in [3.8, 4) is 5.75 Å². The summed E-state index contributed by atoms with van der Waals surface area (Å²) in [5.41, 5.74) is 0.564. The zero-order valence-corrected chi connectivity index (χ0v) is 13.6. The van der Waals surface area contributed by atoms with Gasteiger partial charge in [0.05, 0.1) is 18.4 Å². The number of anilines is 1. The van der Waals surface area contributed by atoms with Crippen LogP contribution in [-0.2, 0) is 4.79 Å². The second kappa shape index (κ2) is 7.85. The van der Waals surface area contributed by atoms with E-state index in [0.717, 1.165) is 11.8 Å². The maximum absolute atomic E-state index is 12.0. The van der Waals surface area contributed by atoms with Crippen molar-refractivity contribution >= 4 is 40.9 Å². The number of ether oxygens (including phenoxy) is 1. The van der Waals surface area contributed by atoms with Gasteiger partial charge >= 0.3 is 5.97 Å². The minimum absolute atomic E-state index is 0.0200. The van der Waals surface area contributed by atoms with Crippen LogP contribution in [0.3, 0.4) is 0 Å². The van der Waals surface area contributed by atoms with E-state index in [2.05, 4.69) is 10.3 Å². The van der Waals surface area contributed by atoms with Crippen molar-refractivity contribution in [3.05, 3.63) is 47.1 Å². The van der Waals surface area contributed by atoms with Crippen LogP contribution in [0.15, 0.2) is 41.6 Å². The number of benzene rings is 1. The van der Waals surface area contributed by atoms with Crippen LogP contribution in [0.4, 0.5) is 5.69 Å². The summed E-state index contributed by atoms with van der Waals surface area (Å²) in [5.74, 6) is -0.841. The molecule has 0 radical (unpaired) electrons. The molecule has 0 spiro atoms. The van der Waals surface area contributed by atoms with Gasteiger partial charge in [0.1, 0.15) is 10.8 Å². The predicted molar refractivity (Wildman–Crippen MR) is 88.6 cm³/mol. The number of aromatic nitrogens is 1. The van der Waals surface area contributed by atoms with Crippen LogP contribution >= 0.6 is 23.4 Å². The molecule has 1 heterocycles. The summed E-state index contributed by atoms with van der Waals surface area (Å²) < 4.78 is 5.07. The average Bonchev–Trinajstić information content (AvgIpc) is 2.52. The lowest BCUT2D eigenvalue weighted by atomic mass is 10.3. The van der Waals surface area contributed by atoms with E-state index in [1.54, 1.807) is 18.2 Å². The number of nitrogens with zero attached hydrogens (tertiary/aromatic N) is 1. The molecule has 0 aliphatic carbocycles. The largest absolute Gasteiger partial charge is 0.497 e. The summed E-state index contributed by atoms with van der Waals surface area (Å²) in [5, 5.41) is 12.5. The predicted octanol–water partition coefficient (Wildman–Crippen LogP) is 3.17. The highest BCUT2D eigenvalue weighted by atomic mass is 35.5. The van der Waals surface area contributed by atoms with Crippen molar-refractivity contribution in [1.29, 1.82) is 0 Å². The van der Waals surface area contributed by atoms with Gasteiger partial charge < -0.3 is 15.2 Å². The fraction of sp³-hybridized carbons (Fsp3) is 0.133. The Bertz CT molecular complexity index is 739. The Morgan fingerprint density at radius 2 is 2.17 bits per heavy atom. The monoisotopic (exact) mass is 352 g/mol. The Morgan fingerprint density at radius 1 is 1.39 bits per heavy atom. The number of aromatic carboxylic acids is 1. The molecule has 2 rings (SSSR count). The minimum atomic E-state index is -1.08. The summed E-state index contributed by atoms with van der Waals surface area (Å²) in [4.78, 5) is 27.1. The lowest BCUT2D eigenvalue weighted by Crippen LogP contribution is -2.14. The molecule has 8 heteroatoms. The van der Waals surface area contributed by atoms with Crippen molar-refractivity contribution in [3.63, 3.8) is 0 Å². The number of thioether (sulfide) groups is 1. The summed E-state index contributed by atoms with van der Waals surface area (Å²) in [6.45, 7) is 0. The topological polar surface area (TPSA) is 88.5 Å². The lowest BCUT2D eigenvalue weighted by molar-refractivity contribution is -0.113. The molecule has 0 atom stereocenters. The molecule has 120 valence electrons. The minimum Gasteiger partial charge on any atom is -0.497 e. The number of nitrogens with one attached hydrogen (secondary N) is 1. The number of rotatable bonds is 6. The molecule has 23 heavy (non-hydrogen) atoms. The standard InChI is InChI=1S/C15H13ClN2O4S/c1-22-11-6-9(16)5-10(7-11)18-13(19)8-23-14-12(15(20)21)3-2-4-17-14/h2-7H,8H2,1H3,(H,18,19)(H,20,21). The van der Waals surface area contributed by atoms with Gasteiger partial charge in [0.25, 0.3) is 0 Å². The van der Waals surface area contributed by atoms with Crippen LogP contribution in [0, 0.1) is 0 Å². The molecular weight excluding hydrogens is 340 g/mol. The van der Waals surface area contributed by atoms with Crippen LogP contribution in [0.5, 0.6) is 5.75 Å². The summed E-state index contributed by atoms with van der Waals surface area (Å²) >= 11 is 6.98. The van der Waals surface area contributed by atoms with E-state index in [0.29, 0.717) is 21.5 Å². The number of carbonyl (C=O) groups excluding carboxylic acids is 1. The number of carboxylic acid groups (broad SMARTS) is 1. The van der Waals surface area contributed by atoms with Crippen molar-refractivity contribution in [1.82, 2.24) is 4.98 Å². The van der Waals surface area contributed by atoms with Crippen LogP contribution in [0.25, 0.3) is 0 Å². The maximum atomic E-state index is 12.0. The van der Waals surface area contributed by atoms with Crippen molar-refractivity contribution in [2.24, 2.45) is 0 Å². The molecule has 1 aromatic carbocycles. The van der Waals surface area contributed by atoms with Gasteiger partial charge in [0, 0.05) is 23.0 Å². The number of hydrogen-bond donors (Lipinski definition) is 2. The van der Waals surface area contributed by atoms with Gasteiger partial charge in [-0.3, -0.25) is 4.79 Å². The summed E-state index contributed by atoms with van der Waals surface area (Å²) in [6.07, 6.45) is 1.48. The Hall–Kier alpha value is -2.25. The molecule has 0 aliphatic heterocycles. The van der Waals surface area contributed by atoms with E-state index in [1.165, 1.54) is 25.4 Å². The van der Waals surface area contributed by atoms with Gasteiger partial charge in [0.2, 0.25) is 5.91 Å². The highest BCUT2D eigenvalue weighted by Gasteiger charge is 2.13. The van der Waals surface area contributed by atoms with Crippen LogP contribution in [-0.4, -0.2) is 34.8 Å². The van der Waals surface area contributed by atoms with E-state index in [1.807, 2.05) is 0 Å². The average molecular weight is 353 g/mol. The van der Waals surface area contributed by atoms with Gasteiger partial charge in [-0.15, -0.1) is 0 Å². The number of pyridine rings is 1. The highest BCUT2D eigenvalue weighted by molar-refractivity contribution is 8.00. The van der Waals surface area contributed by atoms with Gasteiger partial charge in [-0.1, -0.05) is 23.4 Å². The fourth-order valence-electron chi connectivity index (χ4n) is 1.75. The Morgan fingerprint density at radius 3 is 2.87 bits per heavy atom. The normalized spacial score (nSPS) is 10.2. The third-order valence-electron chi connectivity index (χ3n) is 2.73. The number of hydrogen-bond acceptors (Lipinski definition) is 5. The molecule has 1 aromatic heterocycles. The van der Waals surface area contributed by atoms with E-state index in [-0.39, 0.29) is 17.2 Å². The number of carboxylic acids is 1. The van der Waals surface area contributed by atoms with Gasteiger partial charge in [-0.05, 0) is 24.3 Å². The Labute approximate surface area is 141 Å². The van der Waals surface area contributed by atoms with Crippen LogP contribution in [0.1, 0.15) is 10.4 Å². The van der Waals surface area contributed by atoms with E-state index >= 15 is 0 Å². The van der Waals surface area contributed by atoms with E-state index in [4.69, 9.17) is 21.4 Å². The molecule has 0 saturated heterocycles. The Kier molecular flexibility index (Phi) is 5.84. The zero-order chi connectivity index (χ0) is 16.8. The second-order valence-corrected chi connectivity index (χ2v) is 5.78. The third kappa shape index (κ3) is 4.87. The molecule has 0 fully saturated rings. The maximum Gasteiger partial charge on any atom is 0.338 e. The van der Waals surface area contributed by atoms with Crippen LogP contribution < -0.4 is 10.1 Å². The van der Waals surface area contributed by atoms with Gasteiger partial charge in [-0.25, -0.2) is 9.78 Å². The Balaban J connectivity index is 2.01. The van der Waals surface area contributed by atoms with E-state index < -0.39 is 5.97 Å². The number of carbonyl (C=O) groups is 2. The first-order chi connectivity index (χ1) is 11.0. The first-order valence-corrected chi connectivity index (χ1v) is 7.81. The molecule has 2 aromatic rings. The number of methoxy groups -OCH3 is 1. The summed E-state index contributed by atoms with van der Waals surface area (Å²) in [7, 11) is 1.50. The zero-order valence-electron chi connectivity index (χ0n) is 12.1. The SMILES string of the molecule is COc1cc(Cl)cc(NC(=O)CSc2ncccc2C(=O)O)c1. The first-order valence-electron chi connectivity index (χ1n) is 6.45. The molecule has 6 nitrogen and oxygen atoms in total. The molecule has 0 bridgehead atoms. The van der Waals surface area contributed by atoms with E-state index in [9.17, 15) is 9.59 Å². The fourth-order valence-corrected chi connectivity index (χ4v) is 2.76. The molecule has 0 aliphatic rings. The van der Waals surface area contributed by atoms with Crippen molar-refractivity contribution in [2.45, 2.75) is 5.03 Å². The molecule has 0 saturated carbocycles. The molecular formula is C15H13ClN2O4S. The quantitative estimate of drug-likeness (QED) is 0.776. The highest BCUT2D eigenvalue weighted by Crippen LogP contribution is 2.25. The first kappa shape index (κ1) is 17.1. The van der Waals surface area contributed by atoms with Gasteiger partial charge in [-0.2, -0.15) is 0 Å². The molecule has 2 N–H and O–H groups in total. The number of halogens is 1. The van der Waals surface area contributed by atoms with Crippen molar-refractivity contribution < 1.29 is 19.4 Å². The molecule has 1 amide bonds. The third-order valence-corrected chi connectivity index (χ3v) is 3.96. The lowest BCUT2D eigenvalue weighted by Gasteiger charge is -2.08. The second-order valence-electron chi connectivity index (χ2n) is 4.38. The van der Waals surface area contributed by atoms with Crippen LogP contribution in [0.2, 0.25) is 5.02 Å². The summed E-state index contributed by atoms with van der Waals surface area (Å²) in [6, 6.07) is 7.83. The smallest absolute Gasteiger partial charge is 0.338 e. The molecule has 0 unspecified atom stereocenters. The van der Waals surface area contributed by atoms with Crippen molar-refractivity contribution in [2.75, 3.05) is 18.2 Å². The number of amides is 1. The van der Waals surface area contributed by atoms with Gasteiger partial charge in [0.15, 0.2) is 0 Å².